The van der Waals surface area contributed by atoms with Crippen LogP contribution < -0.4 is 10.6 Å². The van der Waals surface area contributed by atoms with Crippen molar-refractivity contribution >= 4 is 35.7 Å². The molecule has 0 bridgehead atoms. The minimum atomic E-state index is -1.59. The highest BCUT2D eigenvalue weighted by molar-refractivity contribution is 5.88. The average molecular weight is 885 g/mol. The minimum absolute atomic E-state index is 0.0257. The molecule has 63 heavy (non-hydrogen) atoms. The second kappa shape index (κ2) is 17.1. The fourth-order valence-corrected chi connectivity index (χ4v) is 13.9. The van der Waals surface area contributed by atoms with Gasteiger partial charge in [0.1, 0.15) is 6.61 Å². The van der Waals surface area contributed by atoms with Crippen molar-refractivity contribution < 1.29 is 62.7 Å². The van der Waals surface area contributed by atoms with Crippen LogP contribution in [-0.2, 0) is 52.5 Å². The Morgan fingerprint density at radius 1 is 0.810 bits per heavy atom. The van der Waals surface area contributed by atoms with E-state index in [1.165, 1.54) is 18.6 Å². The van der Waals surface area contributed by atoms with Gasteiger partial charge in [-0.3, -0.25) is 24.0 Å². The topological polar surface area (TPSA) is 213 Å². The van der Waals surface area contributed by atoms with Crippen LogP contribution in [0, 0.1) is 50.2 Å². The summed E-state index contributed by atoms with van der Waals surface area (Å²) in [5.74, 6) is -4.44. The van der Waals surface area contributed by atoms with Gasteiger partial charge in [0.15, 0.2) is 18.3 Å². The molecule has 0 saturated heterocycles. The number of carbonyl (C=O) groups excluding carboxylic acids is 6. The van der Waals surface area contributed by atoms with E-state index in [1.54, 1.807) is 0 Å². The third-order valence-electron chi connectivity index (χ3n) is 17.2. The van der Waals surface area contributed by atoms with E-state index in [4.69, 9.17) is 23.7 Å². The van der Waals surface area contributed by atoms with E-state index >= 15 is 4.79 Å². The molecule has 6 aliphatic rings. The Bertz CT molecular complexity index is 1930. The first-order valence-corrected chi connectivity index (χ1v) is 22.8. The monoisotopic (exact) mass is 885 g/mol. The molecule has 5 aliphatic carbocycles. The number of nitrogens with one attached hydrogen (secondary N) is 2. The molecule has 14 atom stereocenters. The van der Waals surface area contributed by atoms with Crippen molar-refractivity contribution in [3.05, 3.63) is 23.5 Å². The zero-order chi connectivity index (χ0) is 46.8. The highest BCUT2D eigenvalue weighted by atomic mass is 16.6. The van der Waals surface area contributed by atoms with Gasteiger partial charge in [-0.2, -0.15) is 0 Å². The standard InChI is InChI=1S/C48H72N2O13/c1-25(51)49-38-31(21-32(41(57)59-12)63-40(38)39(62-28(4)54)33(61-27(3)53)24-60-26(2)52)50-42(58)48-20-19-43(5,6)22-30(48)29-13-14-35-45(9)17-16-36(55)44(7,8)34(45)15-18-46(35,10)47(29,11)23-37(48)56/h13,21,30-31,33-40,55-56H,14-20,22-24H2,1-12H3,(H,49,51)(H,50,58)/t30-,31-,33+,34-,35+,36-,37+,38+,39+,40+,45-,46+,47+,48+/m0/s1. The first-order valence-electron chi connectivity index (χ1n) is 22.8. The third-order valence-corrected chi connectivity index (χ3v) is 17.2. The molecule has 15 nitrogen and oxygen atoms in total. The summed E-state index contributed by atoms with van der Waals surface area (Å²) in [5.41, 5.74) is -1.17. The van der Waals surface area contributed by atoms with E-state index in [0.717, 1.165) is 60.0 Å². The summed E-state index contributed by atoms with van der Waals surface area (Å²) in [6, 6.07) is -2.48. The number of fused-ring (bicyclic) bond motifs is 7. The lowest BCUT2D eigenvalue weighted by molar-refractivity contribution is -0.215. The van der Waals surface area contributed by atoms with E-state index in [-0.39, 0.29) is 39.4 Å². The van der Waals surface area contributed by atoms with Crippen LogP contribution in [0.15, 0.2) is 23.5 Å². The highest BCUT2D eigenvalue weighted by Crippen LogP contribution is 2.75. The summed E-state index contributed by atoms with van der Waals surface area (Å²) in [5, 5.41) is 30.0. The number of rotatable bonds is 10. The molecule has 2 amide bonds. The highest BCUT2D eigenvalue weighted by Gasteiger charge is 2.71. The average Bonchev–Trinajstić information content (AvgIpc) is 3.17. The van der Waals surface area contributed by atoms with Gasteiger partial charge >= 0.3 is 23.9 Å². The number of esters is 4. The number of amides is 2. The molecule has 4 N–H and O–H groups in total. The summed E-state index contributed by atoms with van der Waals surface area (Å²) in [7, 11) is 1.14. The second-order valence-electron chi connectivity index (χ2n) is 21.7. The number of aliphatic hydroxyl groups excluding tert-OH is 2. The second-order valence-corrected chi connectivity index (χ2v) is 21.7. The van der Waals surface area contributed by atoms with Crippen LogP contribution in [0.25, 0.3) is 0 Å². The largest absolute Gasteiger partial charge is 0.477 e. The molecule has 4 saturated carbocycles. The van der Waals surface area contributed by atoms with Crippen LogP contribution in [-0.4, -0.2) is 102 Å². The molecule has 0 aromatic heterocycles. The molecule has 4 fully saturated rings. The number of aliphatic hydroxyl groups is 2. The molecule has 352 valence electrons. The summed E-state index contributed by atoms with van der Waals surface area (Å²) >= 11 is 0. The van der Waals surface area contributed by atoms with E-state index in [1.807, 2.05) is 0 Å². The normalized spacial score (nSPS) is 39.5. The Kier molecular flexibility index (Phi) is 13.2. The zero-order valence-corrected chi connectivity index (χ0v) is 39.4. The SMILES string of the molecule is COC(=O)C1=C[C@H](NC(=O)[C@]23CCC(C)(C)C[C@H]2C2=CC[C@@H]4[C@@]5(C)CC[C@H](O)C(C)(C)[C@@H]5CC[C@@]4(C)[C@]2(C)C[C@H]3O)[C@@H](NC(C)=O)[C@H]([C@H](OC(C)=O)[C@@H](COC(C)=O)OC(C)=O)O1. The molecular weight excluding hydrogens is 813 g/mol. The maximum atomic E-state index is 15.6. The van der Waals surface area contributed by atoms with Crippen molar-refractivity contribution in [3.8, 4) is 0 Å². The smallest absolute Gasteiger partial charge is 0.373 e. The Morgan fingerprint density at radius 3 is 2.08 bits per heavy atom. The lowest BCUT2D eigenvalue weighted by Crippen LogP contribution is -2.70. The Hall–Kier alpha value is -3.98. The molecule has 0 spiro atoms. The lowest BCUT2D eigenvalue weighted by Gasteiger charge is -2.71. The van der Waals surface area contributed by atoms with Crippen LogP contribution >= 0.6 is 0 Å². The van der Waals surface area contributed by atoms with Gasteiger partial charge in [-0.25, -0.2) is 4.79 Å². The molecule has 0 aromatic rings. The Balaban J connectivity index is 1.43. The van der Waals surface area contributed by atoms with Crippen molar-refractivity contribution in [2.24, 2.45) is 50.2 Å². The van der Waals surface area contributed by atoms with Gasteiger partial charge in [-0.1, -0.05) is 60.1 Å². The van der Waals surface area contributed by atoms with Crippen molar-refractivity contribution in [1.29, 1.82) is 0 Å². The summed E-state index contributed by atoms with van der Waals surface area (Å²) in [6.45, 7) is 20.0. The predicted octanol–water partition coefficient (Wildman–Crippen LogP) is 4.99. The minimum Gasteiger partial charge on any atom is -0.477 e. The van der Waals surface area contributed by atoms with E-state index in [2.05, 4.69) is 65.2 Å². The quantitative estimate of drug-likeness (QED) is 0.130. The third kappa shape index (κ3) is 8.31. The van der Waals surface area contributed by atoms with E-state index in [9.17, 15) is 34.2 Å². The first-order chi connectivity index (χ1) is 29.2. The Labute approximate surface area is 372 Å². The number of carbonyl (C=O) groups is 6. The fourth-order valence-electron chi connectivity index (χ4n) is 13.9. The van der Waals surface area contributed by atoms with Crippen LogP contribution in [0.5, 0.6) is 0 Å². The number of ether oxygens (including phenoxy) is 5. The van der Waals surface area contributed by atoms with Crippen LogP contribution in [0.3, 0.4) is 0 Å². The Morgan fingerprint density at radius 2 is 1.48 bits per heavy atom. The van der Waals surface area contributed by atoms with Gasteiger partial charge in [-0.15, -0.1) is 0 Å². The molecule has 0 aromatic carbocycles. The molecule has 1 heterocycles. The lowest BCUT2D eigenvalue weighted by atomic mass is 9.33. The van der Waals surface area contributed by atoms with Crippen LogP contribution in [0.4, 0.5) is 0 Å². The van der Waals surface area contributed by atoms with Gasteiger partial charge in [0.2, 0.25) is 17.6 Å². The molecule has 0 radical (unpaired) electrons. The van der Waals surface area contributed by atoms with E-state index in [0.29, 0.717) is 37.5 Å². The molecule has 1 aliphatic heterocycles. The van der Waals surface area contributed by atoms with Gasteiger partial charge in [0, 0.05) is 27.7 Å². The van der Waals surface area contributed by atoms with Gasteiger partial charge in [-0.05, 0) is 109 Å². The number of allylic oxidation sites excluding steroid dienone is 2. The maximum Gasteiger partial charge on any atom is 0.373 e. The molecule has 15 heteroatoms. The number of hydrogen-bond donors (Lipinski definition) is 4. The van der Waals surface area contributed by atoms with Crippen molar-refractivity contribution in [1.82, 2.24) is 10.6 Å². The predicted molar refractivity (Wildman–Crippen MR) is 229 cm³/mol. The zero-order valence-electron chi connectivity index (χ0n) is 39.4. The van der Waals surface area contributed by atoms with Crippen LogP contribution in [0.2, 0.25) is 0 Å². The van der Waals surface area contributed by atoms with Gasteiger partial charge in [0.25, 0.3) is 0 Å². The summed E-state index contributed by atoms with van der Waals surface area (Å²) < 4.78 is 27.6. The van der Waals surface area contributed by atoms with Crippen molar-refractivity contribution in [3.63, 3.8) is 0 Å². The molecular formula is C48H72N2O13. The summed E-state index contributed by atoms with van der Waals surface area (Å²) in [4.78, 5) is 78.9. The summed E-state index contributed by atoms with van der Waals surface area (Å²) in [6.07, 6.45) is 4.13. The maximum absolute atomic E-state index is 15.6. The van der Waals surface area contributed by atoms with Crippen molar-refractivity contribution in [2.45, 2.75) is 177 Å². The van der Waals surface area contributed by atoms with Crippen molar-refractivity contribution in [2.75, 3.05) is 13.7 Å². The van der Waals surface area contributed by atoms with Crippen LogP contribution in [0.1, 0.15) is 134 Å². The van der Waals surface area contributed by atoms with E-state index < -0.39 is 89.6 Å². The molecule has 6 rings (SSSR count). The fraction of sp³-hybridized carbons (Fsp3) is 0.792. The molecule has 0 unspecified atom stereocenters. The van der Waals surface area contributed by atoms with Gasteiger partial charge in [0.05, 0.1) is 36.8 Å². The first kappa shape index (κ1) is 48.5. The number of methoxy groups -OCH3 is 1. The number of hydrogen-bond acceptors (Lipinski definition) is 13. The van der Waals surface area contributed by atoms with Gasteiger partial charge < -0.3 is 44.5 Å².